The predicted octanol–water partition coefficient (Wildman–Crippen LogP) is 13.1. The van der Waals surface area contributed by atoms with Gasteiger partial charge >= 0.3 is 0 Å². The molecule has 4 heterocycles. The van der Waals surface area contributed by atoms with E-state index in [4.69, 9.17) is 18.8 Å². The van der Waals surface area contributed by atoms with E-state index in [0.717, 1.165) is 89.6 Å². The normalized spacial score (nSPS) is 16.6. The van der Waals surface area contributed by atoms with Gasteiger partial charge < -0.3 is 18.7 Å². The molecule has 58 heavy (non-hydrogen) atoms. The van der Waals surface area contributed by atoms with Gasteiger partial charge in [0.05, 0.1) is 11.1 Å². The van der Waals surface area contributed by atoms with Crippen LogP contribution in [-0.2, 0) is 0 Å². The van der Waals surface area contributed by atoms with Gasteiger partial charge in [-0.05, 0) is 89.2 Å². The zero-order chi connectivity index (χ0) is 38.3. The first-order valence-electron chi connectivity index (χ1n) is 19.9. The molecule has 0 spiro atoms. The Morgan fingerprint density at radius 2 is 1.33 bits per heavy atom. The minimum absolute atomic E-state index is 0.296. The van der Waals surface area contributed by atoms with Gasteiger partial charge in [-0.25, -0.2) is 9.98 Å². The van der Waals surface area contributed by atoms with E-state index in [1.165, 1.54) is 22.2 Å². The Hall–Kier alpha value is -7.44. The Morgan fingerprint density at radius 3 is 2.16 bits per heavy atom. The highest BCUT2D eigenvalue weighted by Gasteiger charge is 2.25. The molecule has 2 unspecified atom stereocenters. The highest BCUT2D eigenvalue weighted by molar-refractivity contribution is 6.19. The third-order valence-electron chi connectivity index (χ3n) is 11.9. The highest BCUT2D eigenvalue weighted by Crippen LogP contribution is 2.41. The Bertz CT molecular complexity index is 3360. The first-order valence-corrected chi connectivity index (χ1v) is 19.9. The molecular weight excluding hydrogens is 713 g/mol. The smallest absolute Gasteiger partial charge is 0.159 e. The highest BCUT2D eigenvalue weighted by atomic mass is 16.3. The molecule has 2 aliphatic rings. The Morgan fingerprint density at radius 1 is 0.603 bits per heavy atom. The van der Waals surface area contributed by atoms with Crippen molar-refractivity contribution in [1.82, 2.24) is 9.88 Å². The van der Waals surface area contributed by atoms with Gasteiger partial charge in [-0.15, -0.1) is 0 Å². The van der Waals surface area contributed by atoms with Crippen LogP contribution in [0.5, 0.6) is 0 Å². The number of aromatic nitrogens is 1. The van der Waals surface area contributed by atoms with Gasteiger partial charge in [-0.1, -0.05) is 116 Å². The molecule has 276 valence electrons. The van der Waals surface area contributed by atoms with Crippen LogP contribution in [-0.4, -0.2) is 16.2 Å². The molecule has 2 atom stereocenters. The molecule has 6 heteroatoms. The average Bonchev–Trinajstić information content (AvgIpc) is 3.96. The van der Waals surface area contributed by atoms with E-state index < -0.39 is 0 Å². The van der Waals surface area contributed by atoms with E-state index in [2.05, 4.69) is 138 Å². The Labute approximate surface area is 334 Å². The number of para-hydroxylation sites is 2. The molecule has 6 nitrogen and oxygen atoms in total. The summed E-state index contributed by atoms with van der Waals surface area (Å²) in [6, 6.07) is 55.0. The number of nitrogens with zero attached hydrogens (tertiary/aromatic N) is 3. The number of fused-ring (bicyclic) bond motifs is 9. The number of allylic oxidation sites excluding steroid dienone is 1. The van der Waals surface area contributed by atoms with Crippen molar-refractivity contribution in [3.8, 4) is 16.8 Å². The van der Waals surface area contributed by atoms with Crippen molar-refractivity contribution < 1.29 is 8.83 Å². The topological polar surface area (TPSA) is 68.0 Å². The lowest BCUT2D eigenvalue weighted by atomic mass is 9.91. The molecule has 0 bridgehead atoms. The molecule has 12 rings (SSSR count). The van der Waals surface area contributed by atoms with Crippen molar-refractivity contribution in [1.29, 1.82) is 0 Å². The molecule has 7 aromatic carbocycles. The van der Waals surface area contributed by atoms with Crippen molar-refractivity contribution in [2.75, 3.05) is 0 Å². The molecule has 0 amide bonds. The molecule has 3 aromatic heterocycles. The van der Waals surface area contributed by atoms with Gasteiger partial charge in [0.25, 0.3) is 0 Å². The summed E-state index contributed by atoms with van der Waals surface area (Å²) in [6.07, 6.45) is 5.35. The third kappa shape index (κ3) is 5.11. The Balaban J connectivity index is 0.932. The van der Waals surface area contributed by atoms with Gasteiger partial charge in [0.15, 0.2) is 5.84 Å². The number of benzene rings is 7. The van der Waals surface area contributed by atoms with Crippen LogP contribution in [0.25, 0.3) is 77.7 Å². The molecule has 0 fully saturated rings. The maximum Gasteiger partial charge on any atom is 0.159 e. The number of amidine groups is 2. The Kier molecular flexibility index (Phi) is 7.23. The van der Waals surface area contributed by atoms with Gasteiger partial charge in [-0.2, -0.15) is 0 Å². The van der Waals surface area contributed by atoms with Crippen molar-refractivity contribution in [3.05, 3.63) is 192 Å². The fourth-order valence-electron chi connectivity index (χ4n) is 9.10. The van der Waals surface area contributed by atoms with Gasteiger partial charge in [-0.3, -0.25) is 0 Å². The van der Waals surface area contributed by atoms with Crippen LogP contribution in [0.15, 0.2) is 183 Å². The van der Waals surface area contributed by atoms with E-state index >= 15 is 0 Å². The van der Waals surface area contributed by atoms with Crippen LogP contribution < -0.4 is 5.32 Å². The zero-order valence-corrected chi connectivity index (χ0v) is 31.7. The number of furan rings is 2. The summed E-state index contributed by atoms with van der Waals surface area (Å²) in [7, 11) is 0. The zero-order valence-electron chi connectivity index (χ0n) is 31.7. The standard InChI is InChI=1S/C52H36N4O2/c1-31-12-10-21-44-48(31)39-17-8-9-20-43(39)56(44)36-24-25-37-41-28-34(22-26-45(41)57-47(37)30-36)35-23-27-46-42(29-35)38-18-11-19-40(49(38)58-46)52-54-50(32-13-4-2-5-14-32)53-51(55-52)33-15-6-3-7-16-33/h2-11,13-31,50H,12H2,1H3,(H,53,54,55). The van der Waals surface area contributed by atoms with Gasteiger partial charge in [0.1, 0.15) is 34.3 Å². The maximum atomic E-state index is 6.65. The number of rotatable bonds is 5. The molecule has 10 aromatic rings. The summed E-state index contributed by atoms with van der Waals surface area (Å²) in [5.74, 6) is 1.88. The second-order valence-corrected chi connectivity index (χ2v) is 15.4. The SMILES string of the molecule is CC1CC=Cc2c1c1ccccc1n2-c1ccc2c(c1)oc1ccc(-c3ccc4oc5c(C6=NC(c7ccccc7)=NC(c7ccccc7)N6)cccc5c4c3)cc12. The lowest BCUT2D eigenvalue weighted by Gasteiger charge is -2.23. The van der Waals surface area contributed by atoms with E-state index in [1.54, 1.807) is 0 Å². The molecular formula is C52H36N4O2. The summed E-state index contributed by atoms with van der Waals surface area (Å²) in [6.45, 7) is 2.33. The molecule has 1 aliphatic carbocycles. The predicted molar refractivity (Wildman–Crippen MR) is 237 cm³/mol. The van der Waals surface area contributed by atoms with E-state index in [1.807, 2.05) is 48.5 Å². The summed E-state index contributed by atoms with van der Waals surface area (Å²) in [4.78, 5) is 10.1. The van der Waals surface area contributed by atoms with E-state index in [-0.39, 0.29) is 6.17 Å². The van der Waals surface area contributed by atoms with Crippen molar-refractivity contribution >= 4 is 72.5 Å². The first-order chi connectivity index (χ1) is 28.6. The summed E-state index contributed by atoms with van der Waals surface area (Å²) in [5, 5.41) is 9.21. The molecule has 1 N–H and O–H groups in total. The van der Waals surface area contributed by atoms with Crippen molar-refractivity contribution in [3.63, 3.8) is 0 Å². The van der Waals surface area contributed by atoms with Crippen molar-refractivity contribution in [2.45, 2.75) is 25.4 Å². The summed E-state index contributed by atoms with van der Waals surface area (Å²) >= 11 is 0. The molecule has 0 saturated heterocycles. The number of hydrogen-bond acceptors (Lipinski definition) is 5. The lowest BCUT2D eigenvalue weighted by molar-refractivity contribution is 0.659. The second kappa shape index (κ2) is 12.8. The van der Waals surface area contributed by atoms with Crippen LogP contribution in [0.4, 0.5) is 0 Å². The second-order valence-electron chi connectivity index (χ2n) is 15.4. The summed E-state index contributed by atoms with van der Waals surface area (Å²) in [5.41, 5.74) is 13.5. The monoisotopic (exact) mass is 748 g/mol. The number of aliphatic imine (C=N–C) groups is 2. The first kappa shape index (κ1) is 32.8. The van der Waals surface area contributed by atoms with Crippen LogP contribution in [0.3, 0.4) is 0 Å². The van der Waals surface area contributed by atoms with Gasteiger partial charge in [0.2, 0.25) is 0 Å². The fourth-order valence-corrected chi connectivity index (χ4v) is 9.10. The van der Waals surface area contributed by atoms with Crippen molar-refractivity contribution in [2.24, 2.45) is 9.98 Å². The maximum absolute atomic E-state index is 6.65. The fraction of sp³-hybridized carbons (Fsp3) is 0.0769. The minimum Gasteiger partial charge on any atom is -0.456 e. The van der Waals surface area contributed by atoms with Crippen LogP contribution in [0.1, 0.15) is 53.4 Å². The quantitative estimate of drug-likeness (QED) is 0.191. The van der Waals surface area contributed by atoms with E-state index in [0.29, 0.717) is 11.8 Å². The van der Waals surface area contributed by atoms with Crippen LogP contribution >= 0.6 is 0 Å². The van der Waals surface area contributed by atoms with Crippen LogP contribution in [0.2, 0.25) is 0 Å². The third-order valence-corrected chi connectivity index (χ3v) is 11.9. The average molecular weight is 749 g/mol. The summed E-state index contributed by atoms with van der Waals surface area (Å²) < 4.78 is 15.6. The van der Waals surface area contributed by atoms with Crippen LogP contribution in [0, 0.1) is 0 Å². The molecule has 1 aliphatic heterocycles. The largest absolute Gasteiger partial charge is 0.456 e. The van der Waals surface area contributed by atoms with E-state index in [9.17, 15) is 0 Å². The minimum atomic E-state index is -0.296. The lowest BCUT2D eigenvalue weighted by Crippen LogP contribution is -2.33. The van der Waals surface area contributed by atoms with Gasteiger partial charge in [0, 0.05) is 49.9 Å². The molecule has 0 saturated carbocycles. The molecule has 0 radical (unpaired) electrons. The number of hydrogen-bond donors (Lipinski definition) is 1. The number of nitrogens with one attached hydrogen (secondary N) is 1.